The molecule has 7 aromatic carbocycles. The van der Waals surface area contributed by atoms with Crippen molar-refractivity contribution in [2.75, 3.05) is 0 Å². The van der Waals surface area contributed by atoms with Gasteiger partial charge in [-0.3, -0.25) is 0 Å². The third kappa shape index (κ3) is 5.66. The summed E-state index contributed by atoms with van der Waals surface area (Å²) in [5.74, 6) is 5.16. The molecule has 3 nitrogen and oxygen atoms in total. The maximum absolute atomic E-state index is 5.20. The molecule has 5 aliphatic rings. The van der Waals surface area contributed by atoms with Crippen molar-refractivity contribution in [3.8, 4) is 78.7 Å². The lowest BCUT2D eigenvalue weighted by molar-refractivity contribution is -0.0399. The number of aryl methyl sites for hydroxylation is 1. The fourth-order valence-electron chi connectivity index (χ4n) is 12.0. The highest BCUT2D eigenvalue weighted by Gasteiger charge is 2.61. The van der Waals surface area contributed by atoms with Crippen LogP contribution in [-0.4, -0.2) is 15.0 Å². The fraction of sp³-hybridized carbons (Fsp3) is 0.196. The highest BCUT2D eigenvalue weighted by atomic mass is 15.0. The van der Waals surface area contributed by atoms with E-state index in [4.69, 9.17) is 15.0 Å². The summed E-state index contributed by atoms with van der Waals surface area (Å²) in [6, 6.07) is 62.2. The Morgan fingerprint density at radius 1 is 0.356 bits per heavy atom. The fourth-order valence-corrected chi connectivity index (χ4v) is 12.0. The van der Waals surface area contributed by atoms with Crippen LogP contribution in [0.15, 0.2) is 170 Å². The molecule has 0 saturated heterocycles. The standard InChI is InChI=1S/C56H45N3/c1-35-12-11-19-41(24-35)44-30-45(32-46(31-44)55-58-53(39-15-7-3-8-16-39)57-54(59-55)40-17-9-4-10-18-40)43-20-22-49-50-33-42(38-13-5-2-6-14-38)21-23-51(50)56(52(49)34-43)47-26-36-25-37(28-47)29-48(56)27-36/h2-24,30-34,36-37,47-48H,25-29H2,1H3. The van der Waals surface area contributed by atoms with E-state index in [0.717, 1.165) is 34.1 Å². The second-order valence-corrected chi connectivity index (χ2v) is 17.8. The molecule has 1 spiro atoms. The van der Waals surface area contributed by atoms with Crippen LogP contribution in [0.4, 0.5) is 0 Å². The number of fused-ring (bicyclic) bond motifs is 3. The summed E-state index contributed by atoms with van der Waals surface area (Å²) in [4.78, 5) is 15.4. The van der Waals surface area contributed by atoms with Gasteiger partial charge in [0.1, 0.15) is 0 Å². The molecule has 5 aliphatic carbocycles. The minimum Gasteiger partial charge on any atom is -0.208 e. The Morgan fingerprint density at radius 3 is 1.44 bits per heavy atom. The number of rotatable bonds is 6. The molecule has 0 atom stereocenters. The van der Waals surface area contributed by atoms with E-state index in [1.807, 2.05) is 36.4 Å². The van der Waals surface area contributed by atoms with E-state index in [2.05, 4.69) is 140 Å². The average molecular weight is 760 g/mol. The summed E-state index contributed by atoms with van der Waals surface area (Å²) in [6.07, 6.45) is 6.87. The molecule has 4 saturated carbocycles. The number of aromatic nitrogens is 3. The predicted octanol–water partition coefficient (Wildman–Crippen LogP) is 13.9. The topological polar surface area (TPSA) is 38.7 Å². The molecule has 0 amide bonds. The predicted molar refractivity (Wildman–Crippen MR) is 240 cm³/mol. The van der Waals surface area contributed by atoms with E-state index in [0.29, 0.717) is 29.3 Å². The van der Waals surface area contributed by atoms with Crippen molar-refractivity contribution in [2.24, 2.45) is 23.7 Å². The molecule has 8 aromatic rings. The minimum absolute atomic E-state index is 0.0592. The van der Waals surface area contributed by atoms with Crippen molar-refractivity contribution >= 4 is 0 Å². The van der Waals surface area contributed by atoms with Gasteiger partial charge in [0.15, 0.2) is 17.5 Å². The molecule has 3 heteroatoms. The third-order valence-electron chi connectivity index (χ3n) is 14.3. The monoisotopic (exact) mass is 759 g/mol. The van der Waals surface area contributed by atoms with Gasteiger partial charge in [-0.1, -0.05) is 145 Å². The van der Waals surface area contributed by atoms with Crippen LogP contribution in [0.25, 0.3) is 78.7 Å². The van der Waals surface area contributed by atoms with Gasteiger partial charge in [-0.25, -0.2) is 15.0 Å². The van der Waals surface area contributed by atoms with Crippen molar-refractivity contribution < 1.29 is 0 Å². The van der Waals surface area contributed by atoms with E-state index >= 15 is 0 Å². The molecular formula is C56H45N3. The lowest BCUT2D eigenvalue weighted by Crippen LogP contribution is -2.55. The van der Waals surface area contributed by atoms with Crippen LogP contribution in [0.2, 0.25) is 0 Å². The molecule has 1 aromatic heterocycles. The number of hydrogen-bond acceptors (Lipinski definition) is 3. The Kier molecular flexibility index (Phi) is 7.95. The maximum atomic E-state index is 5.20. The highest BCUT2D eigenvalue weighted by Crippen LogP contribution is 2.69. The lowest BCUT2D eigenvalue weighted by atomic mass is 9.43. The summed E-state index contributed by atoms with van der Waals surface area (Å²) in [6.45, 7) is 2.17. The molecule has 284 valence electrons. The van der Waals surface area contributed by atoms with Gasteiger partial charge in [0.05, 0.1) is 0 Å². The van der Waals surface area contributed by atoms with Crippen molar-refractivity contribution in [3.05, 3.63) is 187 Å². The Balaban J connectivity index is 1.06. The van der Waals surface area contributed by atoms with Crippen molar-refractivity contribution in [1.29, 1.82) is 0 Å². The van der Waals surface area contributed by atoms with E-state index < -0.39 is 0 Å². The van der Waals surface area contributed by atoms with E-state index in [1.165, 1.54) is 76.6 Å². The maximum Gasteiger partial charge on any atom is 0.164 e. The molecule has 0 aliphatic heterocycles. The molecular weight excluding hydrogens is 715 g/mol. The molecule has 0 unspecified atom stereocenters. The minimum atomic E-state index is 0.0592. The first-order chi connectivity index (χ1) is 29.1. The van der Waals surface area contributed by atoms with Crippen molar-refractivity contribution in [2.45, 2.75) is 44.4 Å². The van der Waals surface area contributed by atoms with E-state index in [-0.39, 0.29) is 5.41 Å². The van der Waals surface area contributed by atoms with Gasteiger partial charge in [-0.2, -0.15) is 0 Å². The average Bonchev–Trinajstić information content (AvgIpc) is 3.58. The van der Waals surface area contributed by atoms with Gasteiger partial charge in [0.25, 0.3) is 0 Å². The SMILES string of the molecule is Cc1cccc(-c2cc(-c3ccc4c(c3)C3(c5ccc(-c6ccccc6)cc5-4)C4CC5CC(C4)CC3C5)cc(-c3nc(-c4ccccc4)nc(-c4ccccc4)n3)c2)c1. The van der Waals surface area contributed by atoms with Crippen LogP contribution in [-0.2, 0) is 5.41 Å². The Morgan fingerprint density at radius 2 is 0.847 bits per heavy atom. The summed E-state index contributed by atoms with van der Waals surface area (Å²) in [5, 5.41) is 0. The number of nitrogens with zero attached hydrogens (tertiary/aromatic N) is 3. The van der Waals surface area contributed by atoms with Crippen molar-refractivity contribution in [1.82, 2.24) is 15.0 Å². The Bertz CT molecular complexity index is 2810. The van der Waals surface area contributed by atoms with Crippen LogP contribution < -0.4 is 0 Å². The lowest BCUT2D eigenvalue weighted by Gasteiger charge is -2.61. The summed E-state index contributed by atoms with van der Waals surface area (Å²) in [5.41, 5.74) is 17.6. The smallest absolute Gasteiger partial charge is 0.164 e. The quantitative estimate of drug-likeness (QED) is 0.169. The summed E-state index contributed by atoms with van der Waals surface area (Å²) >= 11 is 0. The molecule has 0 radical (unpaired) electrons. The second kappa shape index (κ2) is 13.6. The molecule has 4 bridgehead atoms. The van der Waals surface area contributed by atoms with Gasteiger partial charge in [0.2, 0.25) is 0 Å². The Hall–Kier alpha value is -6.45. The van der Waals surface area contributed by atoms with E-state index in [1.54, 1.807) is 11.1 Å². The van der Waals surface area contributed by atoms with Gasteiger partial charge in [-0.15, -0.1) is 0 Å². The number of benzene rings is 7. The zero-order valence-corrected chi connectivity index (χ0v) is 33.4. The van der Waals surface area contributed by atoms with Crippen LogP contribution in [0.3, 0.4) is 0 Å². The normalized spacial score (nSPS) is 22.1. The molecule has 59 heavy (non-hydrogen) atoms. The highest BCUT2D eigenvalue weighted by molar-refractivity contribution is 5.89. The van der Waals surface area contributed by atoms with Gasteiger partial charge in [0, 0.05) is 22.1 Å². The first-order valence-corrected chi connectivity index (χ1v) is 21.5. The molecule has 4 fully saturated rings. The van der Waals surface area contributed by atoms with Gasteiger partial charge >= 0.3 is 0 Å². The first-order valence-electron chi connectivity index (χ1n) is 21.5. The molecule has 13 rings (SSSR count). The second-order valence-electron chi connectivity index (χ2n) is 17.8. The van der Waals surface area contributed by atoms with Crippen LogP contribution in [0.1, 0.15) is 48.8 Å². The van der Waals surface area contributed by atoms with Gasteiger partial charge in [-0.05, 0) is 149 Å². The van der Waals surface area contributed by atoms with Crippen LogP contribution in [0.5, 0.6) is 0 Å². The van der Waals surface area contributed by atoms with Crippen molar-refractivity contribution in [3.63, 3.8) is 0 Å². The molecule has 0 N–H and O–H groups in total. The number of hydrogen-bond donors (Lipinski definition) is 0. The molecule has 1 heterocycles. The summed E-state index contributed by atoms with van der Waals surface area (Å²) < 4.78 is 0. The Labute approximate surface area is 346 Å². The van der Waals surface area contributed by atoms with Crippen LogP contribution >= 0.6 is 0 Å². The largest absolute Gasteiger partial charge is 0.208 e. The zero-order valence-electron chi connectivity index (χ0n) is 33.4. The van der Waals surface area contributed by atoms with Crippen LogP contribution in [0, 0.1) is 30.6 Å². The van der Waals surface area contributed by atoms with Gasteiger partial charge < -0.3 is 0 Å². The first kappa shape index (κ1) is 34.6. The third-order valence-corrected chi connectivity index (χ3v) is 14.3. The summed E-state index contributed by atoms with van der Waals surface area (Å²) in [7, 11) is 0. The zero-order chi connectivity index (χ0) is 39.1. The van der Waals surface area contributed by atoms with E-state index in [9.17, 15) is 0 Å².